The van der Waals surface area contributed by atoms with Gasteiger partial charge >= 0.3 is 5.00 Å². The van der Waals surface area contributed by atoms with Gasteiger partial charge in [0, 0.05) is 10.9 Å². The van der Waals surface area contributed by atoms with Gasteiger partial charge in [-0.1, -0.05) is 11.3 Å². The van der Waals surface area contributed by atoms with Gasteiger partial charge in [0.2, 0.25) is 6.08 Å². The van der Waals surface area contributed by atoms with E-state index in [1.54, 1.807) is 6.07 Å². The molecule has 1 aromatic rings. The summed E-state index contributed by atoms with van der Waals surface area (Å²) >= 11 is 1.08. The van der Waals surface area contributed by atoms with E-state index in [-0.39, 0.29) is 5.00 Å². The molecule has 0 aliphatic heterocycles. The third kappa shape index (κ3) is 1.34. The van der Waals surface area contributed by atoms with Crippen molar-refractivity contribution in [3.05, 3.63) is 27.1 Å². The standard InChI is InChI=1S/C8H6N2O3S/c11-5-9-8(3-4-8)6-1-2-7(14-6)10(12)13/h1-2H,3-4H2. The molecule has 0 amide bonds. The normalized spacial score (nSPS) is 17.1. The van der Waals surface area contributed by atoms with Crippen LogP contribution in [0.25, 0.3) is 0 Å². The lowest BCUT2D eigenvalue weighted by atomic mass is 10.2. The number of isocyanates is 1. The van der Waals surface area contributed by atoms with Crippen molar-refractivity contribution in [3.8, 4) is 0 Å². The summed E-state index contributed by atoms with van der Waals surface area (Å²) in [6.45, 7) is 0. The second-order valence-electron chi connectivity index (χ2n) is 3.13. The summed E-state index contributed by atoms with van der Waals surface area (Å²) in [5.41, 5.74) is -0.485. The SMILES string of the molecule is O=C=NC1(c2ccc([N+](=O)[O-])s2)CC1. The molecule has 0 bridgehead atoms. The molecule has 72 valence electrons. The van der Waals surface area contributed by atoms with Gasteiger partial charge in [-0.05, 0) is 18.9 Å². The molecule has 14 heavy (non-hydrogen) atoms. The molecule has 1 saturated carbocycles. The summed E-state index contributed by atoms with van der Waals surface area (Å²) in [4.78, 5) is 24.6. The predicted octanol–water partition coefficient (Wildman–Crippen LogP) is 1.98. The van der Waals surface area contributed by atoms with Crippen molar-refractivity contribution < 1.29 is 9.72 Å². The van der Waals surface area contributed by atoms with Crippen molar-refractivity contribution >= 4 is 22.4 Å². The van der Waals surface area contributed by atoms with Gasteiger partial charge in [0.05, 0.1) is 4.92 Å². The van der Waals surface area contributed by atoms with E-state index in [1.807, 2.05) is 0 Å². The summed E-state index contributed by atoms with van der Waals surface area (Å²) in [6.07, 6.45) is 3.07. The third-order valence-corrected chi connectivity index (χ3v) is 3.44. The minimum Gasteiger partial charge on any atom is -0.258 e. The molecule has 0 N–H and O–H groups in total. The van der Waals surface area contributed by atoms with Crippen LogP contribution >= 0.6 is 11.3 Å². The van der Waals surface area contributed by atoms with Crippen LogP contribution in [0.5, 0.6) is 0 Å². The molecule has 2 rings (SSSR count). The molecule has 6 heteroatoms. The molecule has 0 saturated heterocycles. The number of thiophene rings is 1. The first-order valence-corrected chi connectivity index (χ1v) is 4.83. The van der Waals surface area contributed by atoms with Gasteiger partial charge in [0.1, 0.15) is 5.54 Å². The molecular weight excluding hydrogens is 204 g/mol. The minimum absolute atomic E-state index is 0.0902. The molecule has 1 aliphatic carbocycles. The highest BCUT2D eigenvalue weighted by Gasteiger charge is 2.46. The molecule has 0 aromatic carbocycles. The molecule has 0 radical (unpaired) electrons. The Bertz CT molecular complexity index is 430. The van der Waals surface area contributed by atoms with Crippen LogP contribution in [0.2, 0.25) is 0 Å². The fraction of sp³-hybridized carbons (Fsp3) is 0.375. The van der Waals surface area contributed by atoms with Crippen LogP contribution in [0.3, 0.4) is 0 Å². The summed E-state index contributed by atoms with van der Waals surface area (Å²) in [5.74, 6) is 0. The lowest BCUT2D eigenvalue weighted by Crippen LogP contribution is -1.97. The maximum absolute atomic E-state index is 10.4. The first kappa shape index (κ1) is 9.05. The second-order valence-corrected chi connectivity index (χ2v) is 4.19. The number of nitro groups is 1. The zero-order chi connectivity index (χ0) is 10.2. The lowest BCUT2D eigenvalue weighted by molar-refractivity contribution is -0.380. The summed E-state index contributed by atoms with van der Waals surface area (Å²) in [7, 11) is 0. The highest BCUT2D eigenvalue weighted by atomic mass is 32.1. The van der Waals surface area contributed by atoms with Crippen molar-refractivity contribution in [3.63, 3.8) is 0 Å². The van der Waals surface area contributed by atoms with Crippen LogP contribution in [-0.2, 0) is 10.3 Å². The van der Waals surface area contributed by atoms with E-state index in [2.05, 4.69) is 4.99 Å². The van der Waals surface area contributed by atoms with Crippen LogP contribution in [0.1, 0.15) is 17.7 Å². The molecule has 0 spiro atoms. The maximum atomic E-state index is 10.4. The van der Waals surface area contributed by atoms with Gasteiger partial charge in [-0.2, -0.15) is 4.99 Å². The summed E-state index contributed by atoms with van der Waals surface area (Å²) in [6, 6.07) is 3.11. The predicted molar refractivity (Wildman–Crippen MR) is 50.0 cm³/mol. The van der Waals surface area contributed by atoms with Crippen molar-refractivity contribution in [1.82, 2.24) is 0 Å². The van der Waals surface area contributed by atoms with Crippen LogP contribution in [0.15, 0.2) is 17.1 Å². The Morgan fingerprint density at radius 1 is 1.57 bits per heavy atom. The summed E-state index contributed by atoms with van der Waals surface area (Å²) < 4.78 is 0. The van der Waals surface area contributed by atoms with Crippen molar-refractivity contribution in [1.29, 1.82) is 0 Å². The quantitative estimate of drug-likeness (QED) is 0.331. The lowest BCUT2D eigenvalue weighted by Gasteiger charge is -2.00. The first-order chi connectivity index (χ1) is 6.68. The smallest absolute Gasteiger partial charge is 0.258 e. The van der Waals surface area contributed by atoms with Gasteiger partial charge in [0.25, 0.3) is 0 Å². The Labute approximate surface area is 83.2 Å². The van der Waals surface area contributed by atoms with E-state index in [4.69, 9.17) is 0 Å². The second kappa shape index (κ2) is 3.01. The molecule has 0 atom stereocenters. The van der Waals surface area contributed by atoms with Crippen LogP contribution in [-0.4, -0.2) is 11.0 Å². The Morgan fingerprint density at radius 2 is 2.29 bits per heavy atom. The first-order valence-electron chi connectivity index (χ1n) is 4.02. The number of rotatable bonds is 3. The topological polar surface area (TPSA) is 72.6 Å². The van der Waals surface area contributed by atoms with Gasteiger partial charge in [0.15, 0.2) is 0 Å². The highest BCUT2D eigenvalue weighted by Crippen LogP contribution is 2.52. The average Bonchev–Trinajstić information content (AvgIpc) is 2.77. The van der Waals surface area contributed by atoms with Crippen molar-refractivity contribution in [2.75, 3.05) is 0 Å². The summed E-state index contributed by atoms with van der Waals surface area (Å²) in [5, 5.41) is 10.5. The average molecular weight is 210 g/mol. The third-order valence-electron chi connectivity index (χ3n) is 2.21. The van der Waals surface area contributed by atoms with Gasteiger partial charge in [-0.3, -0.25) is 10.1 Å². The molecular formula is C8H6N2O3S. The fourth-order valence-electron chi connectivity index (χ4n) is 1.29. The number of aliphatic imine (C=N–C) groups is 1. The van der Waals surface area contributed by atoms with Gasteiger partial charge in [-0.25, -0.2) is 4.79 Å². The molecule has 5 nitrogen and oxygen atoms in total. The minimum atomic E-state index is -0.485. The van der Waals surface area contributed by atoms with Crippen molar-refractivity contribution in [2.24, 2.45) is 4.99 Å². The number of hydrogen-bond acceptors (Lipinski definition) is 5. The number of carbonyl (C=O) groups excluding carboxylic acids is 1. The van der Waals surface area contributed by atoms with Crippen LogP contribution in [0, 0.1) is 10.1 Å². The Hall–Kier alpha value is -1.52. The Morgan fingerprint density at radius 3 is 2.71 bits per heavy atom. The zero-order valence-electron chi connectivity index (χ0n) is 7.10. The Balaban J connectivity index is 2.33. The van der Waals surface area contributed by atoms with E-state index in [0.29, 0.717) is 0 Å². The number of nitrogens with zero attached hydrogens (tertiary/aromatic N) is 2. The largest absolute Gasteiger partial charge is 0.324 e. The molecule has 1 aromatic heterocycles. The highest BCUT2D eigenvalue weighted by molar-refractivity contribution is 7.15. The van der Waals surface area contributed by atoms with Gasteiger partial charge < -0.3 is 0 Å². The van der Waals surface area contributed by atoms with E-state index >= 15 is 0 Å². The van der Waals surface area contributed by atoms with E-state index < -0.39 is 10.5 Å². The van der Waals surface area contributed by atoms with Crippen molar-refractivity contribution in [2.45, 2.75) is 18.4 Å². The fourth-order valence-corrected chi connectivity index (χ4v) is 2.31. The molecule has 1 aliphatic rings. The van der Waals surface area contributed by atoms with E-state index in [0.717, 1.165) is 29.1 Å². The monoisotopic (exact) mass is 210 g/mol. The maximum Gasteiger partial charge on any atom is 0.324 e. The van der Waals surface area contributed by atoms with E-state index in [9.17, 15) is 14.9 Å². The number of hydrogen-bond donors (Lipinski definition) is 0. The Kier molecular flexibility index (Phi) is 1.94. The van der Waals surface area contributed by atoms with Crippen LogP contribution < -0.4 is 0 Å². The molecule has 1 fully saturated rings. The molecule has 0 unspecified atom stereocenters. The van der Waals surface area contributed by atoms with Crippen LogP contribution in [0.4, 0.5) is 5.00 Å². The van der Waals surface area contributed by atoms with E-state index in [1.165, 1.54) is 12.1 Å². The molecule has 1 heterocycles. The van der Waals surface area contributed by atoms with Gasteiger partial charge in [-0.15, -0.1) is 0 Å². The zero-order valence-corrected chi connectivity index (χ0v) is 7.91.